The summed E-state index contributed by atoms with van der Waals surface area (Å²) < 4.78 is 7.21. The first kappa shape index (κ1) is 15.5. The Balaban J connectivity index is 1.67. The number of hydrogen-bond acceptors (Lipinski definition) is 4. The maximum Gasteiger partial charge on any atom is 0.0649 e. The van der Waals surface area contributed by atoms with Gasteiger partial charge in [0.2, 0.25) is 0 Å². The minimum atomic E-state index is 0.514. The smallest absolute Gasteiger partial charge is 0.0649 e. The van der Waals surface area contributed by atoms with E-state index in [0.29, 0.717) is 5.92 Å². The van der Waals surface area contributed by atoms with Gasteiger partial charge in [-0.15, -0.1) is 0 Å². The van der Waals surface area contributed by atoms with E-state index in [2.05, 4.69) is 45.7 Å². The zero-order valence-electron chi connectivity index (χ0n) is 13.1. The zero-order chi connectivity index (χ0) is 14.4. The molecule has 0 aromatic carbocycles. The molecule has 2 heterocycles. The minimum Gasteiger partial charge on any atom is -0.383 e. The molecular weight excluding hydrogens is 252 g/mol. The summed E-state index contributed by atoms with van der Waals surface area (Å²) in [5.41, 5.74) is 1.19. The fourth-order valence-electron chi connectivity index (χ4n) is 2.51. The van der Waals surface area contributed by atoms with Crippen LogP contribution in [0, 0.1) is 0 Å². The Hall–Kier alpha value is -0.910. The highest BCUT2D eigenvalue weighted by Gasteiger charge is 2.16. The van der Waals surface area contributed by atoms with Gasteiger partial charge in [0, 0.05) is 52.6 Å². The zero-order valence-corrected chi connectivity index (χ0v) is 13.1. The molecule has 0 bridgehead atoms. The van der Waals surface area contributed by atoms with Gasteiger partial charge >= 0.3 is 0 Å². The summed E-state index contributed by atoms with van der Waals surface area (Å²) in [6, 6.07) is 2.13. The van der Waals surface area contributed by atoms with Crippen LogP contribution in [0.2, 0.25) is 0 Å². The average Bonchev–Trinajstić information content (AvgIpc) is 2.93. The Labute approximate surface area is 122 Å². The van der Waals surface area contributed by atoms with Gasteiger partial charge in [-0.25, -0.2) is 0 Å². The number of hydrogen-bond donors (Lipinski definition) is 0. The second-order valence-corrected chi connectivity index (χ2v) is 5.83. The van der Waals surface area contributed by atoms with Crippen molar-refractivity contribution < 1.29 is 4.74 Å². The summed E-state index contributed by atoms with van der Waals surface area (Å²) in [4.78, 5) is 5.00. The Morgan fingerprint density at radius 3 is 2.30 bits per heavy atom. The Bertz CT molecular complexity index is 383. The van der Waals surface area contributed by atoms with Crippen LogP contribution in [0.5, 0.6) is 0 Å². The lowest BCUT2D eigenvalue weighted by Gasteiger charge is -2.34. The van der Waals surface area contributed by atoms with E-state index in [4.69, 9.17) is 4.74 Å². The van der Waals surface area contributed by atoms with E-state index in [1.807, 2.05) is 0 Å². The van der Waals surface area contributed by atoms with Crippen molar-refractivity contribution in [1.29, 1.82) is 0 Å². The van der Waals surface area contributed by atoms with Crippen molar-refractivity contribution in [2.75, 3.05) is 53.0 Å². The van der Waals surface area contributed by atoms with Gasteiger partial charge < -0.3 is 4.74 Å². The molecule has 2 rings (SSSR count). The number of ether oxygens (including phenoxy) is 1. The molecule has 0 aliphatic carbocycles. The van der Waals surface area contributed by atoms with Gasteiger partial charge in [0.05, 0.1) is 18.8 Å². The summed E-state index contributed by atoms with van der Waals surface area (Å²) in [6.45, 7) is 13.0. The Morgan fingerprint density at radius 1 is 1.10 bits per heavy atom. The molecule has 1 aliphatic rings. The summed E-state index contributed by atoms with van der Waals surface area (Å²) in [5, 5.41) is 4.61. The lowest BCUT2D eigenvalue weighted by atomic mass is 10.1. The van der Waals surface area contributed by atoms with E-state index in [1.54, 1.807) is 7.11 Å². The van der Waals surface area contributed by atoms with Crippen LogP contribution < -0.4 is 0 Å². The predicted molar refractivity (Wildman–Crippen MR) is 81.1 cm³/mol. The molecule has 0 amide bonds. The molecule has 1 aromatic heterocycles. The van der Waals surface area contributed by atoms with Gasteiger partial charge in [0.1, 0.15) is 0 Å². The maximum atomic E-state index is 5.13. The van der Waals surface area contributed by atoms with E-state index in [-0.39, 0.29) is 0 Å². The molecule has 0 saturated carbocycles. The van der Waals surface area contributed by atoms with Gasteiger partial charge in [-0.1, -0.05) is 13.8 Å². The molecule has 0 atom stereocenters. The van der Waals surface area contributed by atoms with Crippen LogP contribution >= 0.6 is 0 Å². The van der Waals surface area contributed by atoms with Crippen LogP contribution in [0.1, 0.15) is 25.5 Å². The summed E-state index contributed by atoms with van der Waals surface area (Å²) in [5.74, 6) is 0.514. The van der Waals surface area contributed by atoms with Crippen LogP contribution in [-0.2, 0) is 11.3 Å². The van der Waals surface area contributed by atoms with Crippen molar-refractivity contribution in [3.8, 4) is 0 Å². The maximum absolute atomic E-state index is 5.13. The van der Waals surface area contributed by atoms with Crippen molar-refractivity contribution in [3.63, 3.8) is 0 Å². The molecular formula is C15H28N4O. The molecule has 114 valence electrons. The molecule has 20 heavy (non-hydrogen) atoms. The standard InChI is InChI=1S/C15H28N4O/c1-14(2)15-4-5-19(16-15)11-10-17-6-8-18(9-7-17)12-13-20-3/h4-5,14H,6-13H2,1-3H3. The lowest BCUT2D eigenvalue weighted by Crippen LogP contribution is -2.47. The molecule has 1 aliphatic heterocycles. The summed E-state index contributed by atoms with van der Waals surface area (Å²) in [7, 11) is 1.77. The third-order valence-corrected chi connectivity index (χ3v) is 3.97. The van der Waals surface area contributed by atoms with E-state index in [1.165, 1.54) is 5.69 Å². The van der Waals surface area contributed by atoms with Gasteiger partial charge in [-0.3, -0.25) is 14.5 Å². The highest BCUT2D eigenvalue weighted by Crippen LogP contribution is 2.10. The third-order valence-electron chi connectivity index (χ3n) is 3.97. The normalized spacial score (nSPS) is 18.0. The fraction of sp³-hybridized carbons (Fsp3) is 0.800. The van der Waals surface area contributed by atoms with Gasteiger partial charge in [-0.2, -0.15) is 5.10 Å². The van der Waals surface area contributed by atoms with Crippen LogP contribution in [0.15, 0.2) is 12.3 Å². The van der Waals surface area contributed by atoms with Crippen LogP contribution in [0.25, 0.3) is 0 Å². The number of methoxy groups -OCH3 is 1. The Morgan fingerprint density at radius 2 is 1.75 bits per heavy atom. The molecule has 1 aromatic rings. The Kier molecular flexibility index (Phi) is 6.01. The molecule has 5 heteroatoms. The molecule has 0 radical (unpaired) electrons. The van der Waals surface area contributed by atoms with Crippen LogP contribution in [0.4, 0.5) is 0 Å². The summed E-state index contributed by atoms with van der Waals surface area (Å²) in [6.07, 6.45) is 2.10. The average molecular weight is 280 g/mol. The van der Waals surface area contributed by atoms with Crippen molar-refractivity contribution in [3.05, 3.63) is 18.0 Å². The molecule has 0 N–H and O–H groups in total. The SMILES string of the molecule is COCCN1CCN(CCn2ccc(C(C)C)n2)CC1. The van der Waals surface area contributed by atoms with E-state index >= 15 is 0 Å². The number of rotatable bonds is 7. The molecule has 1 fully saturated rings. The monoisotopic (exact) mass is 280 g/mol. The van der Waals surface area contributed by atoms with Gasteiger partial charge in [-0.05, 0) is 12.0 Å². The third kappa shape index (κ3) is 4.58. The quantitative estimate of drug-likeness (QED) is 0.753. The fourth-order valence-corrected chi connectivity index (χ4v) is 2.51. The predicted octanol–water partition coefficient (Wildman–Crippen LogP) is 1.27. The minimum absolute atomic E-state index is 0.514. The first-order valence-electron chi connectivity index (χ1n) is 7.66. The molecule has 0 unspecified atom stereocenters. The van der Waals surface area contributed by atoms with Crippen LogP contribution in [-0.4, -0.2) is 72.6 Å². The van der Waals surface area contributed by atoms with Crippen molar-refractivity contribution in [2.24, 2.45) is 0 Å². The largest absolute Gasteiger partial charge is 0.383 e. The number of piperazine rings is 1. The van der Waals surface area contributed by atoms with Crippen molar-refractivity contribution >= 4 is 0 Å². The van der Waals surface area contributed by atoms with Gasteiger partial charge in [0.15, 0.2) is 0 Å². The highest BCUT2D eigenvalue weighted by molar-refractivity contribution is 5.03. The summed E-state index contributed by atoms with van der Waals surface area (Å²) >= 11 is 0. The van der Waals surface area contributed by atoms with E-state index < -0.39 is 0 Å². The number of nitrogens with zero attached hydrogens (tertiary/aromatic N) is 4. The van der Waals surface area contributed by atoms with Crippen molar-refractivity contribution in [2.45, 2.75) is 26.3 Å². The van der Waals surface area contributed by atoms with Crippen molar-refractivity contribution in [1.82, 2.24) is 19.6 Å². The second-order valence-electron chi connectivity index (χ2n) is 5.83. The topological polar surface area (TPSA) is 33.5 Å². The van der Waals surface area contributed by atoms with E-state index in [0.717, 1.165) is 52.4 Å². The van der Waals surface area contributed by atoms with Crippen LogP contribution in [0.3, 0.4) is 0 Å². The molecule has 0 spiro atoms. The first-order chi connectivity index (χ1) is 9.69. The lowest BCUT2D eigenvalue weighted by molar-refractivity contribution is 0.0948. The number of aromatic nitrogens is 2. The highest BCUT2D eigenvalue weighted by atomic mass is 16.5. The molecule has 5 nitrogen and oxygen atoms in total. The second kappa shape index (κ2) is 7.76. The van der Waals surface area contributed by atoms with E-state index in [9.17, 15) is 0 Å². The molecule has 1 saturated heterocycles. The first-order valence-corrected chi connectivity index (χ1v) is 7.66. The van der Waals surface area contributed by atoms with Gasteiger partial charge in [0.25, 0.3) is 0 Å².